The standard InChI is InChI=1S/C11H23NO4S2/c1-3-12-11(10-4-5-16-8-10)9-17(13)6-7-18(2,14)15/h10-12H,3-9H2,1-2H3. The molecule has 5 nitrogen and oxygen atoms in total. The van der Waals surface area contributed by atoms with Gasteiger partial charge in [0.05, 0.1) is 12.4 Å². The predicted molar refractivity (Wildman–Crippen MR) is 74.0 cm³/mol. The van der Waals surface area contributed by atoms with Crippen molar-refractivity contribution in [3.63, 3.8) is 0 Å². The van der Waals surface area contributed by atoms with E-state index in [1.165, 1.54) is 6.26 Å². The molecule has 0 aromatic carbocycles. The van der Waals surface area contributed by atoms with Gasteiger partial charge in [0, 0.05) is 47.1 Å². The first-order chi connectivity index (χ1) is 8.42. The molecule has 7 heteroatoms. The maximum absolute atomic E-state index is 11.9. The summed E-state index contributed by atoms with van der Waals surface area (Å²) in [6, 6.07) is 0.165. The van der Waals surface area contributed by atoms with E-state index in [2.05, 4.69) is 5.32 Å². The fraction of sp³-hybridized carbons (Fsp3) is 1.00. The van der Waals surface area contributed by atoms with Gasteiger partial charge >= 0.3 is 0 Å². The molecule has 1 fully saturated rings. The van der Waals surface area contributed by atoms with Crippen LogP contribution in [-0.4, -0.2) is 61.9 Å². The van der Waals surface area contributed by atoms with E-state index in [-0.39, 0.29) is 17.5 Å². The third kappa shape index (κ3) is 6.26. The van der Waals surface area contributed by atoms with E-state index in [1.807, 2.05) is 6.92 Å². The molecule has 1 aliphatic rings. The van der Waals surface area contributed by atoms with E-state index in [9.17, 15) is 12.6 Å². The van der Waals surface area contributed by atoms with Gasteiger partial charge in [0.2, 0.25) is 0 Å². The Labute approximate surface area is 112 Å². The van der Waals surface area contributed by atoms with Crippen LogP contribution in [0.15, 0.2) is 0 Å². The molecule has 108 valence electrons. The number of rotatable bonds is 8. The van der Waals surface area contributed by atoms with Crippen molar-refractivity contribution in [3.05, 3.63) is 0 Å². The molecule has 3 unspecified atom stereocenters. The Morgan fingerprint density at radius 1 is 1.50 bits per heavy atom. The highest BCUT2D eigenvalue weighted by Gasteiger charge is 2.26. The van der Waals surface area contributed by atoms with Gasteiger partial charge in [0.1, 0.15) is 9.84 Å². The summed E-state index contributed by atoms with van der Waals surface area (Å²) in [5.74, 6) is 1.14. The Kier molecular flexibility index (Phi) is 6.76. The largest absolute Gasteiger partial charge is 0.381 e. The lowest BCUT2D eigenvalue weighted by Gasteiger charge is -2.22. The van der Waals surface area contributed by atoms with Gasteiger partial charge in [0.15, 0.2) is 0 Å². The number of sulfone groups is 1. The molecule has 1 rings (SSSR count). The molecule has 0 bridgehead atoms. The molecule has 0 aliphatic carbocycles. The Bertz CT molecular complexity index is 363. The molecule has 0 aromatic rings. The van der Waals surface area contributed by atoms with Crippen molar-refractivity contribution in [3.8, 4) is 0 Å². The minimum absolute atomic E-state index is 0.000374. The summed E-state index contributed by atoms with van der Waals surface area (Å²) in [6.45, 7) is 4.32. The zero-order valence-corrected chi connectivity index (χ0v) is 12.7. The topological polar surface area (TPSA) is 72.5 Å². The van der Waals surface area contributed by atoms with E-state index in [1.54, 1.807) is 0 Å². The molecule has 0 saturated carbocycles. The average Bonchev–Trinajstić information content (AvgIpc) is 2.78. The SMILES string of the molecule is CCNC(CS(=O)CCS(C)(=O)=O)C1CCOC1. The van der Waals surface area contributed by atoms with Crippen LogP contribution in [0.3, 0.4) is 0 Å². The van der Waals surface area contributed by atoms with Crippen LogP contribution in [0, 0.1) is 5.92 Å². The summed E-state index contributed by atoms with van der Waals surface area (Å²) in [5.41, 5.74) is 0. The lowest BCUT2D eigenvalue weighted by Crippen LogP contribution is -2.41. The van der Waals surface area contributed by atoms with Crippen LogP contribution in [0.1, 0.15) is 13.3 Å². The lowest BCUT2D eigenvalue weighted by atomic mass is 10.0. The molecule has 0 spiro atoms. The Morgan fingerprint density at radius 2 is 2.22 bits per heavy atom. The average molecular weight is 297 g/mol. The van der Waals surface area contributed by atoms with Gasteiger partial charge in [-0.15, -0.1) is 0 Å². The number of hydrogen-bond acceptors (Lipinski definition) is 5. The monoisotopic (exact) mass is 297 g/mol. The summed E-state index contributed by atoms with van der Waals surface area (Å²) in [6.07, 6.45) is 2.16. The van der Waals surface area contributed by atoms with Gasteiger partial charge in [-0.3, -0.25) is 4.21 Å². The molecule has 18 heavy (non-hydrogen) atoms. The summed E-state index contributed by atoms with van der Waals surface area (Å²) in [7, 11) is -4.12. The van der Waals surface area contributed by atoms with Crippen molar-refractivity contribution in [1.29, 1.82) is 0 Å². The molecule has 1 saturated heterocycles. The van der Waals surface area contributed by atoms with Crippen molar-refractivity contribution < 1.29 is 17.4 Å². The van der Waals surface area contributed by atoms with Gasteiger partial charge in [-0.1, -0.05) is 6.92 Å². The van der Waals surface area contributed by atoms with Gasteiger partial charge < -0.3 is 10.1 Å². The van der Waals surface area contributed by atoms with Crippen LogP contribution >= 0.6 is 0 Å². The Balaban J connectivity index is 2.42. The van der Waals surface area contributed by atoms with Crippen molar-refractivity contribution in [2.24, 2.45) is 5.92 Å². The highest BCUT2D eigenvalue weighted by Crippen LogP contribution is 2.17. The third-order valence-corrected chi connectivity index (χ3v) is 5.64. The van der Waals surface area contributed by atoms with E-state index >= 15 is 0 Å². The normalized spacial score (nSPS) is 24.0. The van der Waals surface area contributed by atoms with Crippen LogP contribution in [0.5, 0.6) is 0 Å². The maximum Gasteiger partial charge on any atom is 0.148 e. The maximum atomic E-state index is 11.9. The van der Waals surface area contributed by atoms with Gasteiger partial charge in [0.25, 0.3) is 0 Å². The fourth-order valence-electron chi connectivity index (χ4n) is 2.02. The molecule has 3 atom stereocenters. The molecule has 1 heterocycles. The fourth-order valence-corrected chi connectivity index (χ4v) is 4.93. The van der Waals surface area contributed by atoms with E-state index in [0.29, 0.717) is 18.3 Å². The molecule has 0 aromatic heterocycles. The van der Waals surface area contributed by atoms with Gasteiger partial charge in [-0.25, -0.2) is 8.42 Å². The quantitative estimate of drug-likeness (QED) is 0.671. The van der Waals surface area contributed by atoms with Crippen molar-refractivity contribution in [2.45, 2.75) is 19.4 Å². The van der Waals surface area contributed by atoms with Crippen LogP contribution in [0.4, 0.5) is 0 Å². The summed E-state index contributed by atoms with van der Waals surface area (Å²) >= 11 is 0. The molecular formula is C11H23NO4S2. The molecular weight excluding hydrogens is 274 g/mol. The molecule has 1 N–H and O–H groups in total. The Morgan fingerprint density at radius 3 is 2.72 bits per heavy atom. The minimum Gasteiger partial charge on any atom is -0.381 e. The zero-order chi connectivity index (χ0) is 13.6. The first kappa shape index (κ1) is 16.1. The summed E-state index contributed by atoms with van der Waals surface area (Å²) < 4.78 is 39.3. The van der Waals surface area contributed by atoms with Crippen molar-refractivity contribution in [2.75, 3.05) is 43.3 Å². The Hall–Kier alpha value is 0.0200. The second-order valence-corrected chi connectivity index (χ2v) is 8.61. The zero-order valence-electron chi connectivity index (χ0n) is 11.1. The van der Waals surface area contributed by atoms with E-state index in [0.717, 1.165) is 19.6 Å². The van der Waals surface area contributed by atoms with E-state index in [4.69, 9.17) is 4.74 Å². The minimum atomic E-state index is -3.02. The summed E-state index contributed by atoms with van der Waals surface area (Å²) in [4.78, 5) is 0. The highest BCUT2D eigenvalue weighted by molar-refractivity contribution is 7.92. The lowest BCUT2D eigenvalue weighted by molar-refractivity contribution is 0.179. The first-order valence-corrected chi connectivity index (χ1v) is 9.81. The molecule has 1 aliphatic heterocycles. The molecule has 0 amide bonds. The van der Waals surface area contributed by atoms with Crippen LogP contribution in [0.25, 0.3) is 0 Å². The third-order valence-electron chi connectivity index (χ3n) is 3.05. The van der Waals surface area contributed by atoms with Crippen LogP contribution < -0.4 is 5.32 Å². The molecule has 0 radical (unpaired) electrons. The second kappa shape index (κ2) is 7.57. The van der Waals surface area contributed by atoms with Crippen LogP contribution in [0.2, 0.25) is 0 Å². The van der Waals surface area contributed by atoms with Crippen molar-refractivity contribution in [1.82, 2.24) is 5.32 Å². The van der Waals surface area contributed by atoms with Crippen molar-refractivity contribution >= 4 is 20.6 Å². The number of ether oxygens (including phenoxy) is 1. The summed E-state index contributed by atoms with van der Waals surface area (Å²) in [5, 5.41) is 3.33. The predicted octanol–water partition coefficient (Wildman–Crippen LogP) is -0.206. The number of nitrogens with one attached hydrogen (secondary N) is 1. The van der Waals surface area contributed by atoms with Crippen LogP contribution in [-0.2, 0) is 25.4 Å². The second-order valence-electron chi connectivity index (χ2n) is 4.73. The smallest absolute Gasteiger partial charge is 0.148 e. The van der Waals surface area contributed by atoms with E-state index < -0.39 is 20.6 Å². The van der Waals surface area contributed by atoms with Gasteiger partial charge in [-0.05, 0) is 13.0 Å². The highest BCUT2D eigenvalue weighted by atomic mass is 32.2. The first-order valence-electron chi connectivity index (χ1n) is 6.26. The van der Waals surface area contributed by atoms with Gasteiger partial charge in [-0.2, -0.15) is 0 Å². The number of hydrogen-bond donors (Lipinski definition) is 1.